The summed E-state index contributed by atoms with van der Waals surface area (Å²) in [6.45, 7) is 0. The fraction of sp³-hybridized carbons (Fsp3) is 0. The van der Waals surface area contributed by atoms with Crippen LogP contribution in [0.3, 0.4) is 0 Å². The second-order valence-electron chi connectivity index (χ2n) is 14.4. The van der Waals surface area contributed by atoms with Gasteiger partial charge in [0.05, 0.1) is 11.0 Å². The SMILES string of the molecule is c1ccc(-c2nc(-c3ccccc3)nc(-c3ccc4c(c3)oc3ccc5ccc(-n6c7cc8ccccc8cc7c7c8ccccc8ccc76)cc5c34)n2)cc1. The summed E-state index contributed by atoms with van der Waals surface area (Å²) in [6, 6.07) is 64.0. The smallest absolute Gasteiger partial charge is 0.164 e. The Labute approximate surface area is 320 Å². The number of aromatic nitrogens is 4. The molecule has 5 heteroatoms. The molecule has 0 atom stereocenters. The van der Waals surface area contributed by atoms with Crippen LogP contribution in [0.25, 0.3) is 116 Å². The molecule has 3 aromatic heterocycles. The van der Waals surface area contributed by atoms with Crippen LogP contribution >= 0.6 is 0 Å². The zero-order valence-corrected chi connectivity index (χ0v) is 30.0. The summed E-state index contributed by atoms with van der Waals surface area (Å²) in [7, 11) is 0. The zero-order valence-electron chi connectivity index (χ0n) is 30.0. The molecule has 0 aliphatic rings. The Bertz CT molecular complexity index is 3470. The molecule has 3 heterocycles. The summed E-state index contributed by atoms with van der Waals surface area (Å²) in [5.74, 6) is 1.85. The number of benzene rings is 9. The van der Waals surface area contributed by atoms with Gasteiger partial charge < -0.3 is 8.98 Å². The van der Waals surface area contributed by atoms with Crippen LogP contribution in [0.5, 0.6) is 0 Å². The van der Waals surface area contributed by atoms with Crippen LogP contribution in [0.1, 0.15) is 0 Å². The number of hydrogen-bond donors (Lipinski definition) is 0. The number of fused-ring (bicyclic) bond motifs is 11. The van der Waals surface area contributed by atoms with Gasteiger partial charge in [-0.25, -0.2) is 15.0 Å². The molecule has 0 bridgehead atoms. The van der Waals surface area contributed by atoms with E-state index in [0.717, 1.165) is 55.1 Å². The van der Waals surface area contributed by atoms with Crippen LogP contribution in [0.15, 0.2) is 186 Å². The Morgan fingerprint density at radius 2 is 0.946 bits per heavy atom. The Balaban J connectivity index is 1.06. The highest BCUT2D eigenvalue weighted by molar-refractivity contribution is 6.24. The summed E-state index contributed by atoms with van der Waals surface area (Å²) in [5.41, 5.74) is 7.83. The molecule has 0 saturated carbocycles. The van der Waals surface area contributed by atoms with Crippen molar-refractivity contribution in [2.75, 3.05) is 0 Å². The van der Waals surface area contributed by atoms with E-state index in [9.17, 15) is 0 Å². The minimum absolute atomic E-state index is 0.596. The van der Waals surface area contributed by atoms with E-state index in [-0.39, 0.29) is 0 Å². The Kier molecular flexibility index (Phi) is 6.56. The number of nitrogens with zero attached hydrogens (tertiary/aromatic N) is 4. The zero-order chi connectivity index (χ0) is 36.7. The molecular weight excluding hydrogens is 685 g/mol. The van der Waals surface area contributed by atoms with Crippen molar-refractivity contribution in [3.05, 3.63) is 182 Å². The minimum atomic E-state index is 0.596. The fourth-order valence-electron chi connectivity index (χ4n) is 8.55. The van der Waals surface area contributed by atoms with E-state index >= 15 is 0 Å². The van der Waals surface area contributed by atoms with Crippen molar-refractivity contribution < 1.29 is 4.42 Å². The van der Waals surface area contributed by atoms with Crippen LogP contribution in [0, 0.1) is 0 Å². The van der Waals surface area contributed by atoms with Crippen molar-refractivity contribution in [1.29, 1.82) is 0 Å². The fourth-order valence-corrected chi connectivity index (χ4v) is 8.55. The van der Waals surface area contributed by atoms with Crippen LogP contribution < -0.4 is 0 Å². The highest BCUT2D eigenvalue weighted by Gasteiger charge is 2.19. The van der Waals surface area contributed by atoms with Gasteiger partial charge in [-0.05, 0) is 80.8 Å². The van der Waals surface area contributed by atoms with Gasteiger partial charge in [-0.3, -0.25) is 0 Å². The molecule has 12 aromatic rings. The molecule has 9 aromatic carbocycles. The van der Waals surface area contributed by atoms with Gasteiger partial charge in [0.2, 0.25) is 0 Å². The molecule has 0 N–H and O–H groups in total. The average Bonchev–Trinajstić information content (AvgIpc) is 3.81. The van der Waals surface area contributed by atoms with Crippen molar-refractivity contribution in [3.63, 3.8) is 0 Å². The molecule has 0 saturated heterocycles. The summed E-state index contributed by atoms with van der Waals surface area (Å²) >= 11 is 0. The van der Waals surface area contributed by atoms with Gasteiger partial charge in [0.1, 0.15) is 11.2 Å². The maximum Gasteiger partial charge on any atom is 0.164 e. The summed E-state index contributed by atoms with van der Waals surface area (Å²) < 4.78 is 9.07. The van der Waals surface area contributed by atoms with Crippen molar-refractivity contribution >= 4 is 76.1 Å². The topological polar surface area (TPSA) is 56.7 Å². The van der Waals surface area contributed by atoms with E-state index in [0.29, 0.717) is 17.5 Å². The van der Waals surface area contributed by atoms with Gasteiger partial charge in [0.15, 0.2) is 17.5 Å². The lowest BCUT2D eigenvalue weighted by molar-refractivity contribution is 0.669. The third-order valence-corrected chi connectivity index (χ3v) is 11.2. The first kappa shape index (κ1) is 30.8. The van der Waals surface area contributed by atoms with Gasteiger partial charge in [-0.15, -0.1) is 0 Å². The van der Waals surface area contributed by atoms with E-state index in [2.05, 4.69) is 126 Å². The first-order valence-corrected chi connectivity index (χ1v) is 18.8. The lowest BCUT2D eigenvalue weighted by Gasteiger charge is -2.11. The van der Waals surface area contributed by atoms with Gasteiger partial charge >= 0.3 is 0 Å². The van der Waals surface area contributed by atoms with Gasteiger partial charge in [-0.2, -0.15) is 0 Å². The molecule has 56 heavy (non-hydrogen) atoms. The maximum atomic E-state index is 6.64. The first-order valence-electron chi connectivity index (χ1n) is 18.8. The quantitative estimate of drug-likeness (QED) is 0.182. The lowest BCUT2D eigenvalue weighted by atomic mass is 10.0. The van der Waals surface area contributed by atoms with Gasteiger partial charge in [0, 0.05) is 43.9 Å². The molecule has 12 rings (SSSR count). The van der Waals surface area contributed by atoms with Crippen molar-refractivity contribution in [2.24, 2.45) is 0 Å². The number of rotatable bonds is 4. The van der Waals surface area contributed by atoms with Gasteiger partial charge in [0.25, 0.3) is 0 Å². The predicted molar refractivity (Wildman–Crippen MR) is 230 cm³/mol. The molecule has 260 valence electrons. The van der Waals surface area contributed by atoms with E-state index in [4.69, 9.17) is 19.4 Å². The number of hydrogen-bond acceptors (Lipinski definition) is 4. The number of furan rings is 1. The first-order chi connectivity index (χ1) is 27.7. The third kappa shape index (κ3) is 4.71. The van der Waals surface area contributed by atoms with Crippen LogP contribution in [0.2, 0.25) is 0 Å². The largest absolute Gasteiger partial charge is 0.456 e. The second-order valence-corrected chi connectivity index (χ2v) is 14.4. The summed E-state index contributed by atoms with van der Waals surface area (Å²) in [6.07, 6.45) is 0. The van der Waals surface area contributed by atoms with Crippen molar-refractivity contribution in [2.45, 2.75) is 0 Å². The Hall–Kier alpha value is -7.63. The molecule has 0 amide bonds. The molecule has 0 aliphatic heterocycles. The molecular formula is C51H30N4O. The Morgan fingerprint density at radius 3 is 1.70 bits per heavy atom. The highest BCUT2D eigenvalue weighted by atomic mass is 16.3. The van der Waals surface area contributed by atoms with E-state index in [1.807, 2.05) is 60.7 Å². The van der Waals surface area contributed by atoms with Crippen LogP contribution in [-0.4, -0.2) is 19.5 Å². The van der Waals surface area contributed by atoms with Crippen molar-refractivity contribution in [1.82, 2.24) is 19.5 Å². The molecule has 5 nitrogen and oxygen atoms in total. The monoisotopic (exact) mass is 714 g/mol. The normalized spacial score (nSPS) is 11.9. The second kappa shape index (κ2) is 11.9. The predicted octanol–water partition coefficient (Wildman–Crippen LogP) is 13.3. The molecule has 0 unspecified atom stereocenters. The van der Waals surface area contributed by atoms with E-state index in [1.54, 1.807) is 0 Å². The molecule has 0 spiro atoms. The average molecular weight is 715 g/mol. The molecule has 0 aliphatic carbocycles. The standard InChI is InChI=1S/C51H30N4O/c1-3-12-33(13-4-1)49-52-50(34-14-5-2-6-15-34)54-51(53-49)37-20-24-40-46(29-37)56-45-26-22-32-19-23-38(30-41(32)48(40)45)55-43-25-21-31-11-9-10-18-39(31)47(43)42-27-35-16-7-8-17-36(35)28-44(42)55/h1-30H. The van der Waals surface area contributed by atoms with E-state index in [1.165, 1.54) is 43.4 Å². The molecule has 0 radical (unpaired) electrons. The van der Waals surface area contributed by atoms with E-state index < -0.39 is 0 Å². The van der Waals surface area contributed by atoms with Crippen molar-refractivity contribution in [3.8, 4) is 39.9 Å². The maximum absolute atomic E-state index is 6.64. The third-order valence-electron chi connectivity index (χ3n) is 11.2. The van der Waals surface area contributed by atoms with Crippen LogP contribution in [-0.2, 0) is 0 Å². The highest BCUT2D eigenvalue weighted by Crippen LogP contribution is 2.41. The van der Waals surface area contributed by atoms with Gasteiger partial charge in [-0.1, -0.05) is 133 Å². The minimum Gasteiger partial charge on any atom is -0.456 e. The lowest BCUT2D eigenvalue weighted by Crippen LogP contribution is -2.00. The summed E-state index contributed by atoms with van der Waals surface area (Å²) in [4.78, 5) is 14.8. The Morgan fingerprint density at radius 1 is 0.339 bits per heavy atom. The molecule has 0 fully saturated rings. The summed E-state index contributed by atoms with van der Waals surface area (Å²) in [5, 5.41) is 11.9. The van der Waals surface area contributed by atoms with Crippen LogP contribution in [0.4, 0.5) is 0 Å².